The third-order valence-electron chi connectivity index (χ3n) is 13.3. The molecule has 0 spiro atoms. The number of fused-ring (bicyclic) bond motifs is 7. The first kappa shape index (κ1) is 36.9. The minimum Gasteiger partial charge on any atom is -0.454 e. The Labute approximate surface area is 368 Å². The van der Waals surface area contributed by atoms with Crippen LogP contribution in [0.3, 0.4) is 0 Å². The van der Waals surface area contributed by atoms with E-state index in [9.17, 15) is 0 Å². The maximum Gasteiger partial charge on any atom is 0.159 e. The van der Waals surface area contributed by atoms with Gasteiger partial charge in [0.05, 0.1) is 5.69 Å². The molecule has 63 heavy (non-hydrogen) atoms. The highest BCUT2D eigenvalue weighted by Gasteiger charge is 2.35. The second-order valence-electron chi connectivity index (χ2n) is 17.3. The van der Waals surface area contributed by atoms with E-state index in [0.29, 0.717) is 0 Å². The van der Waals surface area contributed by atoms with Gasteiger partial charge in [0.2, 0.25) is 0 Å². The fourth-order valence-electron chi connectivity index (χ4n) is 9.95. The van der Waals surface area contributed by atoms with Gasteiger partial charge in [-0.15, -0.1) is 0 Å². The second-order valence-corrected chi connectivity index (χ2v) is 17.3. The third-order valence-corrected chi connectivity index (χ3v) is 13.3. The summed E-state index contributed by atoms with van der Waals surface area (Å²) in [5, 5.41) is 4.72. The van der Waals surface area contributed by atoms with Crippen LogP contribution in [0.4, 0.5) is 17.1 Å². The van der Waals surface area contributed by atoms with Gasteiger partial charge in [-0.1, -0.05) is 178 Å². The van der Waals surface area contributed by atoms with E-state index in [-0.39, 0.29) is 5.41 Å². The molecular weight excluding hydrogens is 763 g/mol. The zero-order valence-electron chi connectivity index (χ0n) is 35.2. The molecule has 0 saturated carbocycles. The number of rotatable bonds is 7. The molecule has 0 amide bonds. The highest BCUT2D eigenvalue weighted by molar-refractivity contribution is 6.10. The highest BCUT2D eigenvalue weighted by atomic mass is 16.3. The van der Waals surface area contributed by atoms with Crippen molar-refractivity contribution in [2.45, 2.75) is 19.3 Å². The van der Waals surface area contributed by atoms with Crippen LogP contribution in [0.5, 0.6) is 0 Å². The van der Waals surface area contributed by atoms with Crippen LogP contribution in [0, 0.1) is 0 Å². The molecule has 2 heteroatoms. The maximum absolute atomic E-state index is 6.65. The molecule has 1 aliphatic carbocycles. The molecule has 0 radical (unpaired) electrons. The summed E-state index contributed by atoms with van der Waals surface area (Å²) in [6.07, 6.45) is 0. The standard InChI is InChI=1S/C61H43NO/c1-61(2)56-21-7-5-18-52(56)53-35-30-49(39-57(53)61)42-28-33-51(34-29-42)62(58-22-11-20-55-54-19-6-8-23-59(54)63-60(55)58)50-31-26-41(27-32-50)44-14-9-15-45(36-44)46-16-10-17-47(38-46)48-25-24-40-12-3-4-13-43(40)37-48/h3-39H,1-2H3. The van der Waals surface area contributed by atoms with Crippen molar-refractivity contribution in [2.24, 2.45) is 0 Å². The van der Waals surface area contributed by atoms with Gasteiger partial charge in [-0.2, -0.15) is 0 Å². The summed E-state index contributed by atoms with van der Waals surface area (Å²) in [4.78, 5) is 2.33. The molecule has 1 aromatic heterocycles. The first-order valence-electron chi connectivity index (χ1n) is 21.8. The number of anilines is 3. The quantitative estimate of drug-likeness (QED) is 0.160. The van der Waals surface area contributed by atoms with Crippen molar-refractivity contribution >= 4 is 49.8 Å². The van der Waals surface area contributed by atoms with Gasteiger partial charge in [-0.25, -0.2) is 0 Å². The lowest BCUT2D eigenvalue weighted by Gasteiger charge is -2.26. The van der Waals surface area contributed by atoms with Crippen molar-refractivity contribution < 1.29 is 4.42 Å². The number of para-hydroxylation sites is 2. The average molecular weight is 806 g/mol. The molecule has 0 N–H and O–H groups in total. The molecule has 12 rings (SSSR count). The Bertz CT molecular complexity index is 3540. The van der Waals surface area contributed by atoms with Crippen LogP contribution in [-0.4, -0.2) is 0 Å². The SMILES string of the molecule is CC1(C)c2ccccc2-c2ccc(-c3ccc(N(c4ccc(-c5cccc(-c6cccc(-c7ccc8ccccc8c7)c6)c5)cc4)c4cccc5c4oc4ccccc45)cc3)cc21. The van der Waals surface area contributed by atoms with Crippen molar-refractivity contribution in [3.63, 3.8) is 0 Å². The number of benzene rings is 10. The first-order chi connectivity index (χ1) is 31.0. The second kappa shape index (κ2) is 14.6. The van der Waals surface area contributed by atoms with Crippen LogP contribution in [-0.2, 0) is 5.41 Å². The number of hydrogen-bond acceptors (Lipinski definition) is 2. The molecular formula is C61H43NO. The molecule has 298 valence electrons. The molecule has 0 unspecified atom stereocenters. The van der Waals surface area contributed by atoms with Crippen LogP contribution >= 0.6 is 0 Å². The van der Waals surface area contributed by atoms with Gasteiger partial charge in [-0.3, -0.25) is 0 Å². The average Bonchev–Trinajstić information content (AvgIpc) is 3.84. The van der Waals surface area contributed by atoms with Gasteiger partial charge in [-0.05, 0) is 138 Å². The number of furan rings is 1. The van der Waals surface area contributed by atoms with Crippen molar-refractivity contribution in [2.75, 3.05) is 4.90 Å². The van der Waals surface area contributed by atoms with Crippen molar-refractivity contribution in [3.05, 3.63) is 236 Å². The van der Waals surface area contributed by atoms with Gasteiger partial charge in [0.25, 0.3) is 0 Å². The monoisotopic (exact) mass is 805 g/mol. The fourth-order valence-corrected chi connectivity index (χ4v) is 9.95. The summed E-state index contributed by atoms with van der Waals surface area (Å²) in [7, 11) is 0. The smallest absolute Gasteiger partial charge is 0.159 e. The van der Waals surface area contributed by atoms with E-state index in [4.69, 9.17) is 4.42 Å². The van der Waals surface area contributed by atoms with E-state index >= 15 is 0 Å². The summed E-state index contributed by atoms with van der Waals surface area (Å²) in [5.41, 5.74) is 19.8. The zero-order chi connectivity index (χ0) is 42.1. The minimum absolute atomic E-state index is 0.0546. The summed E-state index contributed by atoms with van der Waals surface area (Å²) >= 11 is 0. The van der Waals surface area contributed by atoms with Crippen LogP contribution in [0.25, 0.3) is 88.3 Å². The molecule has 0 atom stereocenters. The van der Waals surface area contributed by atoms with Gasteiger partial charge in [0.15, 0.2) is 5.58 Å². The van der Waals surface area contributed by atoms with Gasteiger partial charge in [0.1, 0.15) is 5.58 Å². The zero-order valence-corrected chi connectivity index (χ0v) is 35.2. The summed E-state index contributed by atoms with van der Waals surface area (Å²) in [6, 6.07) is 81.6. The van der Waals surface area contributed by atoms with E-state index in [1.54, 1.807) is 0 Å². The lowest BCUT2D eigenvalue weighted by Crippen LogP contribution is -2.14. The van der Waals surface area contributed by atoms with Crippen molar-refractivity contribution in [1.82, 2.24) is 0 Å². The Morgan fingerprint density at radius 3 is 1.57 bits per heavy atom. The first-order valence-corrected chi connectivity index (χ1v) is 21.8. The molecule has 0 aliphatic heterocycles. The van der Waals surface area contributed by atoms with E-state index in [0.717, 1.165) is 44.6 Å². The Morgan fingerprint density at radius 2 is 0.857 bits per heavy atom. The number of nitrogens with zero attached hydrogens (tertiary/aromatic N) is 1. The molecule has 0 saturated heterocycles. The minimum atomic E-state index is -0.0546. The van der Waals surface area contributed by atoms with Crippen molar-refractivity contribution in [1.29, 1.82) is 0 Å². The highest BCUT2D eigenvalue weighted by Crippen LogP contribution is 2.50. The Kier molecular flexibility index (Phi) is 8.55. The normalized spacial score (nSPS) is 12.7. The van der Waals surface area contributed by atoms with E-state index in [2.05, 4.69) is 237 Å². The van der Waals surface area contributed by atoms with Gasteiger partial charge in [0, 0.05) is 27.6 Å². The summed E-state index contributed by atoms with van der Waals surface area (Å²) in [6.45, 7) is 4.68. The maximum atomic E-state index is 6.65. The molecule has 0 fully saturated rings. The molecule has 0 bridgehead atoms. The summed E-state index contributed by atoms with van der Waals surface area (Å²) in [5.74, 6) is 0. The molecule has 1 aliphatic rings. The molecule has 11 aromatic rings. The van der Waals surface area contributed by atoms with Crippen molar-refractivity contribution in [3.8, 4) is 55.6 Å². The third kappa shape index (κ3) is 6.25. The predicted octanol–water partition coefficient (Wildman–Crippen LogP) is 17.2. The van der Waals surface area contributed by atoms with Gasteiger partial charge >= 0.3 is 0 Å². The van der Waals surface area contributed by atoms with Crippen LogP contribution in [0.1, 0.15) is 25.0 Å². The lowest BCUT2D eigenvalue weighted by atomic mass is 9.81. The molecule has 10 aromatic carbocycles. The topological polar surface area (TPSA) is 16.4 Å². The number of hydrogen-bond donors (Lipinski definition) is 0. The van der Waals surface area contributed by atoms with E-state index in [1.807, 2.05) is 6.07 Å². The Balaban J connectivity index is 0.902. The van der Waals surface area contributed by atoms with Gasteiger partial charge < -0.3 is 9.32 Å². The van der Waals surface area contributed by atoms with Crippen LogP contribution in [0.2, 0.25) is 0 Å². The predicted molar refractivity (Wildman–Crippen MR) is 265 cm³/mol. The molecule has 1 heterocycles. The van der Waals surface area contributed by atoms with Crippen LogP contribution < -0.4 is 4.90 Å². The van der Waals surface area contributed by atoms with E-state index in [1.165, 1.54) is 72.0 Å². The molecule has 2 nitrogen and oxygen atoms in total. The Morgan fingerprint density at radius 1 is 0.349 bits per heavy atom. The van der Waals surface area contributed by atoms with E-state index < -0.39 is 0 Å². The summed E-state index contributed by atoms with van der Waals surface area (Å²) < 4.78 is 6.65. The van der Waals surface area contributed by atoms with Crippen LogP contribution in [0.15, 0.2) is 229 Å². The Hall–Kier alpha value is -7.94. The fraction of sp³-hybridized carbons (Fsp3) is 0.0492. The largest absolute Gasteiger partial charge is 0.454 e. The lowest BCUT2D eigenvalue weighted by molar-refractivity contribution is 0.660.